The second-order valence-electron chi connectivity index (χ2n) is 4.75. The van der Waals surface area contributed by atoms with Gasteiger partial charge in [0.1, 0.15) is 6.10 Å². The first-order chi connectivity index (χ1) is 8.16. The zero-order chi connectivity index (χ0) is 12.3. The van der Waals surface area contributed by atoms with Crippen LogP contribution in [0.2, 0.25) is 0 Å². The van der Waals surface area contributed by atoms with E-state index in [0.717, 1.165) is 11.4 Å². The molecule has 1 heterocycles. The minimum Gasteiger partial charge on any atom is -0.386 e. The van der Waals surface area contributed by atoms with Gasteiger partial charge in [0.25, 0.3) is 0 Å². The van der Waals surface area contributed by atoms with Crippen molar-refractivity contribution in [3.8, 4) is 0 Å². The van der Waals surface area contributed by atoms with E-state index >= 15 is 0 Å². The Morgan fingerprint density at radius 3 is 2.71 bits per heavy atom. The fourth-order valence-corrected chi connectivity index (χ4v) is 2.83. The zero-order valence-corrected chi connectivity index (χ0v) is 11.1. The smallest absolute Gasteiger partial charge is 0.101 e. The molecular formula is C14H19NOS. The van der Waals surface area contributed by atoms with Crippen LogP contribution in [0.5, 0.6) is 0 Å². The third kappa shape index (κ3) is 3.28. The van der Waals surface area contributed by atoms with E-state index in [1.54, 1.807) is 11.3 Å². The van der Waals surface area contributed by atoms with Crippen molar-refractivity contribution in [2.24, 2.45) is 5.92 Å². The SMILES string of the molecule is CC(C)CNCC(O)c1cc2ccccc2s1. The van der Waals surface area contributed by atoms with E-state index in [1.165, 1.54) is 10.1 Å². The number of fused-ring (bicyclic) bond motifs is 1. The highest BCUT2D eigenvalue weighted by Gasteiger charge is 2.10. The molecule has 0 fully saturated rings. The summed E-state index contributed by atoms with van der Waals surface area (Å²) in [6.07, 6.45) is -0.397. The summed E-state index contributed by atoms with van der Waals surface area (Å²) in [6, 6.07) is 10.3. The number of aliphatic hydroxyl groups is 1. The van der Waals surface area contributed by atoms with Gasteiger partial charge >= 0.3 is 0 Å². The highest BCUT2D eigenvalue weighted by Crippen LogP contribution is 2.29. The molecule has 0 saturated carbocycles. The van der Waals surface area contributed by atoms with Gasteiger partial charge in [0.15, 0.2) is 0 Å². The van der Waals surface area contributed by atoms with E-state index < -0.39 is 6.10 Å². The summed E-state index contributed by atoms with van der Waals surface area (Å²) in [5.74, 6) is 0.615. The Labute approximate surface area is 106 Å². The van der Waals surface area contributed by atoms with Crippen LogP contribution in [0.15, 0.2) is 30.3 Å². The summed E-state index contributed by atoms with van der Waals surface area (Å²) in [6.45, 7) is 5.91. The molecule has 0 saturated heterocycles. The maximum absolute atomic E-state index is 10.1. The van der Waals surface area contributed by atoms with Gasteiger partial charge in [-0.2, -0.15) is 0 Å². The molecule has 1 aromatic carbocycles. The molecule has 1 atom stereocenters. The summed E-state index contributed by atoms with van der Waals surface area (Å²) in [5.41, 5.74) is 0. The number of rotatable bonds is 5. The van der Waals surface area contributed by atoms with Crippen molar-refractivity contribution in [1.82, 2.24) is 5.32 Å². The molecular weight excluding hydrogens is 230 g/mol. The molecule has 1 aromatic heterocycles. The minimum absolute atomic E-state index is 0.397. The lowest BCUT2D eigenvalue weighted by molar-refractivity contribution is 0.177. The molecule has 2 nitrogen and oxygen atoms in total. The molecule has 0 aliphatic rings. The van der Waals surface area contributed by atoms with Crippen molar-refractivity contribution >= 4 is 21.4 Å². The number of nitrogens with one attached hydrogen (secondary N) is 1. The highest BCUT2D eigenvalue weighted by atomic mass is 32.1. The molecule has 0 amide bonds. The fourth-order valence-electron chi connectivity index (χ4n) is 1.78. The summed E-state index contributed by atoms with van der Waals surface area (Å²) in [4.78, 5) is 1.04. The van der Waals surface area contributed by atoms with Crippen molar-refractivity contribution in [3.63, 3.8) is 0 Å². The van der Waals surface area contributed by atoms with E-state index in [1.807, 2.05) is 12.1 Å². The summed E-state index contributed by atoms with van der Waals surface area (Å²) in [5, 5.41) is 14.6. The topological polar surface area (TPSA) is 32.3 Å². The molecule has 0 radical (unpaired) electrons. The van der Waals surface area contributed by atoms with Crippen LogP contribution in [0.3, 0.4) is 0 Å². The second kappa shape index (κ2) is 5.63. The molecule has 1 unspecified atom stereocenters. The normalized spacial score (nSPS) is 13.4. The summed E-state index contributed by atoms with van der Waals surface area (Å²) >= 11 is 1.67. The number of hydrogen-bond donors (Lipinski definition) is 2. The predicted octanol–water partition coefficient (Wildman–Crippen LogP) is 3.18. The molecule has 2 N–H and O–H groups in total. The third-order valence-corrected chi connectivity index (χ3v) is 3.88. The average Bonchev–Trinajstić information content (AvgIpc) is 2.71. The van der Waals surface area contributed by atoms with E-state index in [9.17, 15) is 5.11 Å². The minimum atomic E-state index is -0.397. The summed E-state index contributed by atoms with van der Waals surface area (Å²) < 4.78 is 1.24. The number of benzene rings is 1. The first-order valence-corrected chi connectivity index (χ1v) is 6.85. The molecule has 3 heteroatoms. The van der Waals surface area contributed by atoms with Gasteiger partial charge in [0.2, 0.25) is 0 Å². The monoisotopic (exact) mass is 249 g/mol. The Bertz CT molecular complexity index is 445. The van der Waals surface area contributed by atoms with E-state index in [0.29, 0.717) is 12.5 Å². The van der Waals surface area contributed by atoms with Crippen molar-refractivity contribution < 1.29 is 5.11 Å². The molecule has 17 heavy (non-hydrogen) atoms. The molecule has 0 spiro atoms. The maximum Gasteiger partial charge on any atom is 0.101 e. The zero-order valence-electron chi connectivity index (χ0n) is 10.3. The highest BCUT2D eigenvalue weighted by molar-refractivity contribution is 7.19. The Morgan fingerprint density at radius 2 is 2.00 bits per heavy atom. The van der Waals surface area contributed by atoms with Crippen LogP contribution in [0.4, 0.5) is 0 Å². The standard InChI is InChI=1S/C14H19NOS/c1-10(2)8-15-9-12(16)14-7-11-5-3-4-6-13(11)17-14/h3-7,10,12,15-16H,8-9H2,1-2H3. The van der Waals surface area contributed by atoms with Crippen LogP contribution in [-0.2, 0) is 0 Å². The van der Waals surface area contributed by atoms with Crippen molar-refractivity contribution in [2.75, 3.05) is 13.1 Å². The Hall–Kier alpha value is -0.900. The first-order valence-electron chi connectivity index (χ1n) is 6.04. The van der Waals surface area contributed by atoms with Crippen molar-refractivity contribution in [1.29, 1.82) is 0 Å². The maximum atomic E-state index is 10.1. The van der Waals surface area contributed by atoms with Gasteiger partial charge in [-0.25, -0.2) is 0 Å². The van der Waals surface area contributed by atoms with E-state index in [4.69, 9.17) is 0 Å². The van der Waals surface area contributed by atoms with Crippen LogP contribution in [0, 0.1) is 5.92 Å². The van der Waals surface area contributed by atoms with Gasteiger partial charge in [0, 0.05) is 16.1 Å². The van der Waals surface area contributed by atoms with Gasteiger partial charge in [-0.3, -0.25) is 0 Å². The number of aliphatic hydroxyl groups excluding tert-OH is 1. The lowest BCUT2D eigenvalue weighted by atomic mass is 10.2. The molecule has 0 aliphatic heterocycles. The predicted molar refractivity (Wildman–Crippen MR) is 74.5 cm³/mol. The van der Waals surface area contributed by atoms with Crippen LogP contribution < -0.4 is 5.32 Å². The Balaban J connectivity index is 2.01. The molecule has 92 valence electrons. The Morgan fingerprint density at radius 1 is 1.24 bits per heavy atom. The lowest BCUT2D eigenvalue weighted by Crippen LogP contribution is -2.24. The second-order valence-corrected chi connectivity index (χ2v) is 5.87. The molecule has 0 bridgehead atoms. The van der Waals surface area contributed by atoms with Crippen LogP contribution in [0.25, 0.3) is 10.1 Å². The molecule has 2 aromatic rings. The third-order valence-electron chi connectivity index (χ3n) is 2.66. The van der Waals surface area contributed by atoms with Gasteiger partial charge in [-0.1, -0.05) is 32.0 Å². The van der Waals surface area contributed by atoms with E-state index in [-0.39, 0.29) is 0 Å². The Kier molecular flexibility index (Phi) is 4.15. The van der Waals surface area contributed by atoms with Crippen LogP contribution in [-0.4, -0.2) is 18.2 Å². The van der Waals surface area contributed by atoms with Crippen molar-refractivity contribution in [3.05, 3.63) is 35.2 Å². The van der Waals surface area contributed by atoms with Gasteiger partial charge < -0.3 is 10.4 Å². The van der Waals surface area contributed by atoms with Crippen LogP contribution in [0.1, 0.15) is 24.8 Å². The van der Waals surface area contributed by atoms with Gasteiger partial charge in [-0.05, 0) is 30.0 Å². The van der Waals surface area contributed by atoms with Crippen LogP contribution >= 0.6 is 11.3 Å². The molecule has 0 aliphatic carbocycles. The van der Waals surface area contributed by atoms with Crippen molar-refractivity contribution in [2.45, 2.75) is 20.0 Å². The fraction of sp³-hybridized carbons (Fsp3) is 0.429. The summed E-state index contributed by atoms with van der Waals surface area (Å²) in [7, 11) is 0. The van der Waals surface area contributed by atoms with Gasteiger partial charge in [0.05, 0.1) is 0 Å². The first kappa shape index (κ1) is 12.6. The molecule has 2 rings (SSSR count). The van der Waals surface area contributed by atoms with Gasteiger partial charge in [-0.15, -0.1) is 11.3 Å². The average molecular weight is 249 g/mol. The lowest BCUT2D eigenvalue weighted by Gasteiger charge is -2.11. The number of hydrogen-bond acceptors (Lipinski definition) is 3. The number of thiophene rings is 1. The largest absolute Gasteiger partial charge is 0.386 e. The quantitative estimate of drug-likeness (QED) is 0.853. The van der Waals surface area contributed by atoms with E-state index in [2.05, 4.69) is 37.4 Å².